The van der Waals surface area contributed by atoms with Crippen LogP contribution in [0.4, 0.5) is 10.5 Å². The highest BCUT2D eigenvalue weighted by molar-refractivity contribution is 6.30. The van der Waals surface area contributed by atoms with Crippen LogP contribution in [0.15, 0.2) is 48.5 Å². The molecule has 3 amide bonds. The molecule has 1 saturated heterocycles. The van der Waals surface area contributed by atoms with Crippen LogP contribution in [0, 0.1) is 0 Å². The number of benzene rings is 2. The minimum absolute atomic E-state index is 0.108. The van der Waals surface area contributed by atoms with Gasteiger partial charge < -0.3 is 20.9 Å². The predicted octanol–water partition coefficient (Wildman–Crippen LogP) is 2.98. The van der Waals surface area contributed by atoms with Crippen LogP contribution >= 0.6 is 11.6 Å². The molecule has 1 aliphatic heterocycles. The fourth-order valence-corrected chi connectivity index (χ4v) is 3.02. The summed E-state index contributed by atoms with van der Waals surface area (Å²) in [4.78, 5) is 25.8. The highest BCUT2D eigenvalue weighted by Crippen LogP contribution is 2.13. The summed E-state index contributed by atoms with van der Waals surface area (Å²) < 4.78 is 0. The molecule has 6 nitrogen and oxygen atoms in total. The van der Waals surface area contributed by atoms with E-state index in [2.05, 4.69) is 22.9 Å². The molecule has 2 aromatic rings. The summed E-state index contributed by atoms with van der Waals surface area (Å²) in [5, 5.41) is 9.43. The van der Waals surface area contributed by atoms with Crippen molar-refractivity contribution in [2.75, 3.05) is 18.4 Å². The van der Waals surface area contributed by atoms with E-state index in [0.29, 0.717) is 42.9 Å². The smallest absolute Gasteiger partial charge is 0.319 e. The first-order valence-corrected chi connectivity index (χ1v) is 9.27. The summed E-state index contributed by atoms with van der Waals surface area (Å²) in [6.07, 6.45) is 0. The number of nitrogens with zero attached hydrogens (tertiary/aromatic N) is 1. The highest BCUT2D eigenvalue weighted by atomic mass is 35.5. The van der Waals surface area contributed by atoms with E-state index in [9.17, 15) is 9.59 Å². The molecule has 0 saturated carbocycles. The maximum atomic E-state index is 12.0. The fraction of sp³-hybridized carbons (Fsp3) is 0.300. The molecular formula is C20H23ClN4O2. The number of hydrogen-bond donors (Lipinski definition) is 3. The van der Waals surface area contributed by atoms with E-state index < -0.39 is 0 Å². The molecule has 142 valence electrons. The summed E-state index contributed by atoms with van der Waals surface area (Å²) in [6, 6.07) is 14.9. The second-order valence-electron chi connectivity index (χ2n) is 6.69. The number of hydrogen-bond acceptors (Lipinski definition) is 3. The lowest BCUT2D eigenvalue weighted by molar-refractivity contribution is -0.133. The molecule has 1 aliphatic rings. The zero-order valence-corrected chi connectivity index (χ0v) is 15.9. The van der Waals surface area contributed by atoms with Gasteiger partial charge in [-0.05, 0) is 42.3 Å². The van der Waals surface area contributed by atoms with Gasteiger partial charge in [-0.15, -0.1) is 0 Å². The van der Waals surface area contributed by atoms with Crippen molar-refractivity contribution in [2.45, 2.75) is 26.1 Å². The summed E-state index contributed by atoms with van der Waals surface area (Å²) in [6.45, 7) is 4.15. The van der Waals surface area contributed by atoms with E-state index >= 15 is 0 Å². The Morgan fingerprint density at radius 1 is 1.15 bits per heavy atom. The molecule has 0 aliphatic carbocycles. The Morgan fingerprint density at radius 3 is 2.52 bits per heavy atom. The Morgan fingerprint density at radius 2 is 1.81 bits per heavy atom. The minimum Gasteiger partial charge on any atom is -0.336 e. The van der Waals surface area contributed by atoms with Gasteiger partial charge in [0.1, 0.15) is 0 Å². The van der Waals surface area contributed by atoms with Crippen LogP contribution in [0.25, 0.3) is 0 Å². The molecule has 3 rings (SSSR count). The molecule has 0 bridgehead atoms. The molecule has 7 heteroatoms. The number of nitrogens with one attached hydrogen (secondary N) is 3. The van der Waals surface area contributed by atoms with Crippen molar-refractivity contribution in [1.82, 2.24) is 15.5 Å². The number of piperazine rings is 1. The van der Waals surface area contributed by atoms with Gasteiger partial charge in [-0.1, -0.05) is 35.9 Å². The molecule has 1 unspecified atom stereocenters. The third-order valence-corrected chi connectivity index (χ3v) is 4.65. The third kappa shape index (κ3) is 5.70. The monoisotopic (exact) mass is 386 g/mol. The Kier molecular flexibility index (Phi) is 6.32. The van der Waals surface area contributed by atoms with Gasteiger partial charge in [-0.2, -0.15) is 0 Å². The summed E-state index contributed by atoms with van der Waals surface area (Å²) in [5.41, 5.74) is 2.71. The van der Waals surface area contributed by atoms with Crippen molar-refractivity contribution < 1.29 is 9.59 Å². The van der Waals surface area contributed by atoms with E-state index in [4.69, 9.17) is 11.6 Å². The van der Waals surface area contributed by atoms with E-state index in [1.807, 2.05) is 41.3 Å². The van der Waals surface area contributed by atoms with Gasteiger partial charge in [-0.3, -0.25) is 4.79 Å². The lowest BCUT2D eigenvalue weighted by Crippen LogP contribution is -2.52. The number of anilines is 1. The minimum atomic E-state index is -0.274. The maximum absolute atomic E-state index is 12.0. The Bertz CT molecular complexity index is 793. The van der Waals surface area contributed by atoms with E-state index in [1.54, 1.807) is 12.1 Å². The van der Waals surface area contributed by atoms with Crippen LogP contribution < -0.4 is 16.0 Å². The molecule has 27 heavy (non-hydrogen) atoms. The SMILES string of the molecule is CC1CN(Cc2ccc(NC(=O)NCc3ccc(Cl)cc3)cc2)C(=O)CN1. The van der Waals surface area contributed by atoms with Crippen molar-refractivity contribution in [1.29, 1.82) is 0 Å². The lowest BCUT2D eigenvalue weighted by Gasteiger charge is -2.31. The van der Waals surface area contributed by atoms with Gasteiger partial charge in [0, 0.05) is 36.4 Å². The zero-order chi connectivity index (χ0) is 19.2. The topological polar surface area (TPSA) is 73.5 Å². The van der Waals surface area contributed by atoms with Crippen molar-refractivity contribution in [3.05, 3.63) is 64.7 Å². The highest BCUT2D eigenvalue weighted by Gasteiger charge is 2.22. The number of carbonyl (C=O) groups is 2. The second kappa shape index (κ2) is 8.88. The summed E-state index contributed by atoms with van der Waals surface area (Å²) >= 11 is 5.85. The lowest BCUT2D eigenvalue weighted by atomic mass is 10.1. The first-order valence-electron chi connectivity index (χ1n) is 8.89. The number of amides is 3. The van der Waals surface area contributed by atoms with E-state index in [0.717, 1.165) is 11.1 Å². The summed E-state index contributed by atoms with van der Waals surface area (Å²) in [5.74, 6) is 0.108. The number of halogens is 1. The largest absolute Gasteiger partial charge is 0.336 e. The van der Waals surface area contributed by atoms with Gasteiger partial charge in [0.05, 0.1) is 6.54 Å². The first-order chi connectivity index (χ1) is 13.0. The molecule has 1 atom stereocenters. The predicted molar refractivity (Wildman–Crippen MR) is 107 cm³/mol. The molecule has 0 spiro atoms. The van der Waals surface area contributed by atoms with Crippen molar-refractivity contribution in [3.63, 3.8) is 0 Å². The van der Waals surface area contributed by atoms with Crippen LogP contribution in [0.1, 0.15) is 18.1 Å². The van der Waals surface area contributed by atoms with Crippen molar-refractivity contribution in [2.24, 2.45) is 0 Å². The number of carbonyl (C=O) groups excluding carboxylic acids is 2. The molecule has 1 heterocycles. The fourth-order valence-electron chi connectivity index (χ4n) is 2.90. The maximum Gasteiger partial charge on any atom is 0.319 e. The third-order valence-electron chi connectivity index (χ3n) is 4.40. The molecule has 2 aromatic carbocycles. The van der Waals surface area contributed by atoms with Crippen LogP contribution in [0.5, 0.6) is 0 Å². The zero-order valence-electron chi connectivity index (χ0n) is 15.2. The van der Waals surface area contributed by atoms with Crippen LogP contribution in [-0.4, -0.2) is 36.0 Å². The van der Waals surface area contributed by atoms with Gasteiger partial charge in [-0.25, -0.2) is 4.79 Å². The molecule has 3 N–H and O–H groups in total. The molecule has 0 aromatic heterocycles. The Labute approximate surface area is 163 Å². The standard InChI is InChI=1S/C20H23ClN4O2/c1-14-12-25(19(26)11-22-14)13-16-4-8-18(9-5-16)24-20(27)23-10-15-2-6-17(21)7-3-15/h2-9,14,22H,10-13H2,1H3,(H2,23,24,27). The van der Waals surface area contributed by atoms with Gasteiger partial charge >= 0.3 is 6.03 Å². The number of rotatable bonds is 5. The van der Waals surface area contributed by atoms with E-state index in [-0.39, 0.29) is 11.9 Å². The average molecular weight is 387 g/mol. The second-order valence-corrected chi connectivity index (χ2v) is 7.12. The molecule has 1 fully saturated rings. The van der Waals surface area contributed by atoms with Crippen molar-refractivity contribution >= 4 is 29.2 Å². The van der Waals surface area contributed by atoms with Gasteiger partial charge in [0.25, 0.3) is 0 Å². The Hall–Kier alpha value is -2.57. The first kappa shape index (κ1) is 19.2. The Balaban J connectivity index is 1.48. The van der Waals surface area contributed by atoms with Crippen LogP contribution in [-0.2, 0) is 17.9 Å². The van der Waals surface area contributed by atoms with Crippen molar-refractivity contribution in [3.8, 4) is 0 Å². The van der Waals surface area contributed by atoms with Gasteiger partial charge in [0.2, 0.25) is 5.91 Å². The normalized spacial score (nSPS) is 16.9. The van der Waals surface area contributed by atoms with Crippen LogP contribution in [0.2, 0.25) is 5.02 Å². The molecule has 0 radical (unpaired) electrons. The number of urea groups is 1. The molecular weight excluding hydrogens is 364 g/mol. The van der Waals surface area contributed by atoms with E-state index in [1.165, 1.54) is 0 Å². The quantitative estimate of drug-likeness (QED) is 0.739. The summed E-state index contributed by atoms with van der Waals surface area (Å²) in [7, 11) is 0. The van der Waals surface area contributed by atoms with Gasteiger partial charge in [0.15, 0.2) is 0 Å². The average Bonchev–Trinajstić information content (AvgIpc) is 2.66. The van der Waals surface area contributed by atoms with Crippen LogP contribution in [0.3, 0.4) is 0 Å².